The number of pyridine rings is 1. The van der Waals surface area contributed by atoms with Crippen LogP contribution in [-0.4, -0.2) is 80.8 Å². The Morgan fingerprint density at radius 2 is 1.88 bits per heavy atom. The molecule has 2 aromatic carbocycles. The maximum Gasteiger partial charge on any atom is 0.519 e. The molecule has 296 valence electrons. The second kappa shape index (κ2) is 13.4. The Kier molecular flexibility index (Phi) is 8.53. The van der Waals surface area contributed by atoms with Gasteiger partial charge in [-0.3, -0.25) is 9.80 Å². The Morgan fingerprint density at radius 3 is 2.70 bits per heavy atom. The Labute approximate surface area is 325 Å². The monoisotopic (exact) mass is 783 g/mol. The second-order valence-corrected chi connectivity index (χ2v) is 16.2. The molecule has 0 amide bonds. The minimum Gasteiger partial charge on any atom is -0.461 e. The maximum absolute atomic E-state index is 17.6. The number of piperazine rings is 1. The topological polar surface area (TPSA) is 127 Å². The van der Waals surface area contributed by atoms with Crippen LogP contribution in [0.4, 0.5) is 29.2 Å². The van der Waals surface area contributed by atoms with E-state index in [0.29, 0.717) is 68.0 Å². The van der Waals surface area contributed by atoms with Gasteiger partial charge in [-0.25, -0.2) is 27.3 Å². The molecule has 5 aliphatic rings. The lowest BCUT2D eigenvalue weighted by atomic mass is 9.89. The van der Waals surface area contributed by atoms with E-state index in [9.17, 15) is 9.18 Å². The summed E-state index contributed by atoms with van der Waals surface area (Å²) in [7, 11) is 0. The third-order valence-corrected chi connectivity index (χ3v) is 13.2. The summed E-state index contributed by atoms with van der Waals surface area (Å²) in [5, 5.41) is 0.665. The van der Waals surface area contributed by atoms with Crippen molar-refractivity contribution in [3.05, 3.63) is 68.9 Å². The number of hydrogen-bond donors (Lipinski definition) is 1. The summed E-state index contributed by atoms with van der Waals surface area (Å²) in [6, 6.07) is 3.93. The third-order valence-electron chi connectivity index (χ3n) is 13.2. The third kappa shape index (κ3) is 5.61. The SMILES string of the molecule is C#Cc1c(F)ccc2cc(N)nc(-c3c(F)c4c5c(nc(OC[C@@]67CCCN6C[C@H](F)C7)nc5c3F)N3C[C@H]5CC[C@@H]([C@H]3CCC4)N5Cc3oc(=O)oc3CC)c12. The molecule has 2 bridgehead atoms. The van der Waals surface area contributed by atoms with E-state index in [1.165, 1.54) is 18.2 Å². The summed E-state index contributed by atoms with van der Waals surface area (Å²) >= 11 is 0. The van der Waals surface area contributed by atoms with E-state index in [1.807, 2.05) is 6.92 Å². The molecule has 2 N–H and O–H groups in total. The molecule has 5 atom stereocenters. The molecule has 0 unspecified atom stereocenters. The summed E-state index contributed by atoms with van der Waals surface area (Å²) in [5.41, 5.74) is 4.77. The quantitative estimate of drug-likeness (QED) is 0.145. The average molecular weight is 784 g/mol. The minimum absolute atomic E-state index is 0.00763. The van der Waals surface area contributed by atoms with Gasteiger partial charge in [-0.15, -0.1) is 6.42 Å². The van der Waals surface area contributed by atoms with Gasteiger partial charge in [0.25, 0.3) is 0 Å². The van der Waals surface area contributed by atoms with Gasteiger partial charge in [0.2, 0.25) is 0 Å². The number of aromatic nitrogens is 3. The number of halogens is 4. The molecule has 11 nitrogen and oxygen atoms in total. The van der Waals surface area contributed by atoms with Crippen molar-refractivity contribution in [1.29, 1.82) is 0 Å². The van der Waals surface area contributed by atoms with Gasteiger partial charge in [-0.05, 0) is 69.0 Å². The van der Waals surface area contributed by atoms with Crippen molar-refractivity contribution in [2.75, 3.05) is 36.9 Å². The smallest absolute Gasteiger partial charge is 0.461 e. The highest BCUT2D eigenvalue weighted by molar-refractivity contribution is 6.04. The summed E-state index contributed by atoms with van der Waals surface area (Å²) in [6.07, 6.45) is 10.4. The van der Waals surface area contributed by atoms with Gasteiger partial charge < -0.3 is 24.2 Å². The van der Waals surface area contributed by atoms with E-state index in [1.54, 1.807) is 0 Å². The number of anilines is 2. The number of ether oxygens (including phenoxy) is 1. The number of alkyl halides is 1. The molecule has 8 heterocycles. The van der Waals surface area contributed by atoms with E-state index >= 15 is 13.2 Å². The number of terminal acetylenes is 1. The van der Waals surface area contributed by atoms with E-state index in [2.05, 4.69) is 30.6 Å². The molecule has 4 saturated heterocycles. The number of nitrogens with zero attached hydrogens (tertiary/aromatic N) is 6. The first-order valence-corrected chi connectivity index (χ1v) is 19.8. The van der Waals surface area contributed by atoms with E-state index in [-0.39, 0.29) is 76.1 Å². The highest BCUT2D eigenvalue weighted by atomic mass is 19.1. The van der Waals surface area contributed by atoms with Crippen molar-refractivity contribution < 1.29 is 31.1 Å². The fourth-order valence-corrected chi connectivity index (χ4v) is 10.7. The van der Waals surface area contributed by atoms with Gasteiger partial charge in [0.1, 0.15) is 41.6 Å². The number of hydrogen-bond acceptors (Lipinski definition) is 11. The highest BCUT2D eigenvalue weighted by Gasteiger charge is 2.51. The molecule has 5 aliphatic heterocycles. The molecule has 15 heteroatoms. The van der Waals surface area contributed by atoms with E-state index < -0.39 is 40.5 Å². The van der Waals surface area contributed by atoms with Crippen molar-refractivity contribution >= 4 is 33.3 Å². The van der Waals surface area contributed by atoms with Gasteiger partial charge in [0.05, 0.1) is 34.3 Å². The maximum atomic E-state index is 17.6. The lowest BCUT2D eigenvalue weighted by molar-refractivity contribution is 0.106. The normalized spacial score (nSPS) is 25.8. The number of nitrogen functional groups attached to an aromatic ring is 1. The molecule has 0 spiro atoms. The number of benzene rings is 2. The Hall–Kier alpha value is -5.20. The highest BCUT2D eigenvalue weighted by Crippen LogP contribution is 2.47. The molecular formula is C42H41F4N7O4. The van der Waals surface area contributed by atoms with Crippen LogP contribution in [0.25, 0.3) is 32.9 Å². The Balaban J connectivity index is 1.15. The van der Waals surface area contributed by atoms with Crippen molar-refractivity contribution in [3.8, 4) is 29.6 Å². The molecular weight excluding hydrogens is 742 g/mol. The van der Waals surface area contributed by atoms with Crippen LogP contribution in [0.2, 0.25) is 0 Å². The number of fused-ring (bicyclic) bond motifs is 7. The van der Waals surface area contributed by atoms with E-state index in [4.69, 9.17) is 30.7 Å². The minimum atomic E-state index is -1.03. The molecule has 3 aromatic heterocycles. The van der Waals surface area contributed by atoms with Crippen LogP contribution in [-0.2, 0) is 19.4 Å². The van der Waals surface area contributed by atoms with Crippen molar-refractivity contribution in [2.24, 2.45) is 0 Å². The lowest BCUT2D eigenvalue weighted by Gasteiger charge is -2.48. The molecule has 57 heavy (non-hydrogen) atoms. The predicted octanol–water partition coefficient (Wildman–Crippen LogP) is 6.45. The molecule has 0 aliphatic carbocycles. The molecule has 10 rings (SSSR count). The van der Waals surface area contributed by atoms with Crippen LogP contribution < -0.4 is 21.2 Å². The summed E-state index contributed by atoms with van der Waals surface area (Å²) in [6.45, 7) is 3.97. The van der Waals surface area contributed by atoms with Crippen molar-refractivity contribution in [1.82, 2.24) is 24.8 Å². The average Bonchev–Trinajstić information content (AvgIpc) is 3.91. The first-order valence-electron chi connectivity index (χ1n) is 19.8. The molecule has 0 radical (unpaired) electrons. The van der Waals surface area contributed by atoms with Gasteiger partial charge >= 0.3 is 11.8 Å². The zero-order chi connectivity index (χ0) is 39.3. The van der Waals surface area contributed by atoms with Gasteiger partial charge in [-0.2, -0.15) is 9.97 Å². The number of aryl methyl sites for hydroxylation is 2. The van der Waals surface area contributed by atoms with Crippen molar-refractivity contribution in [2.45, 2.75) is 101 Å². The largest absolute Gasteiger partial charge is 0.519 e. The zero-order valence-corrected chi connectivity index (χ0v) is 31.4. The lowest BCUT2D eigenvalue weighted by Crippen LogP contribution is -2.60. The van der Waals surface area contributed by atoms with Crippen molar-refractivity contribution in [3.63, 3.8) is 0 Å². The van der Waals surface area contributed by atoms with Crippen LogP contribution in [0.15, 0.2) is 31.8 Å². The molecule has 5 aromatic rings. The molecule has 4 fully saturated rings. The van der Waals surface area contributed by atoms with Gasteiger partial charge in [-0.1, -0.05) is 18.9 Å². The predicted molar refractivity (Wildman–Crippen MR) is 204 cm³/mol. The zero-order valence-electron chi connectivity index (χ0n) is 31.4. The number of nitrogens with two attached hydrogens (primary N) is 1. The van der Waals surface area contributed by atoms with Crippen LogP contribution >= 0.6 is 0 Å². The van der Waals surface area contributed by atoms with Crippen LogP contribution in [0.3, 0.4) is 0 Å². The second-order valence-electron chi connectivity index (χ2n) is 16.2. The van der Waals surface area contributed by atoms with E-state index in [0.717, 1.165) is 32.2 Å². The molecule has 0 saturated carbocycles. The standard InChI is InChI=1S/C42H41F4N7O4/c1-3-24-26(44)11-9-21-15-31(47)48-37(32(21)24)34-35(45)25-7-5-8-27-28-12-10-23(52(28)19-30-29(4-2)56-41(54)57-30)18-53(27)39-33(25)38(36(34)46)49-40(50-39)55-20-42-13-6-14-51(42)17-22(43)16-42/h1,9,11,15,22-23,27-28H,4-8,10,12-14,16-20H2,2H3,(H2,47,48)/t22-,23-,27-,28+,42+/m1/s1. The van der Waals surface area contributed by atoms with Gasteiger partial charge in [0.15, 0.2) is 17.3 Å². The summed E-state index contributed by atoms with van der Waals surface area (Å²) in [5.74, 6) is 0.348. The first-order chi connectivity index (χ1) is 27.6. The van der Waals surface area contributed by atoms with Crippen LogP contribution in [0, 0.1) is 29.8 Å². The first kappa shape index (κ1) is 36.2. The summed E-state index contributed by atoms with van der Waals surface area (Å²) in [4.78, 5) is 32.7. The van der Waals surface area contributed by atoms with Crippen LogP contribution in [0.1, 0.15) is 74.5 Å². The van der Waals surface area contributed by atoms with Crippen LogP contribution in [0.5, 0.6) is 6.01 Å². The summed E-state index contributed by atoms with van der Waals surface area (Å²) < 4.78 is 82.1. The fraction of sp³-hybridized carbons (Fsp3) is 0.476. The number of rotatable bonds is 7. The Bertz CT molecular complexity index is 2570. The van der Waals surface area contributed by atoms with Gasteiger partial charge in [0, 0.05) is 55.0 Å². The fourth-order valence-electron chi connectivity index (χ4n) is 10.7. The Morgan fingerprint density at radius 1 is 1.04 bits per heavy atom.